The van der Waals surface area contributed by atoms with Crippen molar-refractivity contribution >= 4 is 33.2 Å². The number of aromatic nitrogens is 4. The van der Waals surface area contributed by atoms with Gasteiger partial charge in [-0.05, 0) is 18.6 Å². The maximum absolute atomic E-state index is 12.5. The molecule has 9 nitrogen and oxygen atoms in total. The normalized spacial score (nSPS) is 14.4. The van der Waals surface area contributed by atoms with E-state index >= 15 is 0 Å². The van der Waals surface area contributed by atoms with Crippen LogP contribution >= 0.6 is 11.3 Å². The first-order chi connectivity index (χ1) is 14.1. The predicted molar refractivity (Wildman–Crippen MR) is 113 cm³/mol. The van der Waals surface area contributed by atoms with Crippen LogP contribution in [0.25, 0.3) is 4.96 Å². The maximum atomic E-state index is 12.5. The summed E-state index contributed by atoms with van der Waals surface area (Å²) in [6.07, 6.45) is 2.86. The summed E-state index contributed by atoms with van der Waals surface area (Å²) in [7, 11) is 0. The molecular formula is C19H23N7O2S. The van der Waals surface area contributed by atoms with Crippen LogP contribution in [0.3, 0.4) is 0 Å². The van der Waals surface area contributed by atoms with Gasteiger partial charge < -0.3 is 15.1 Å². The van der Waals surface area contributed by atoms with Gasteiger partial charge in [0, 0.05) is 57.1 Å². The molecule has 29 heavy (non-hydrogen) atoms. The number of hydrogen-bond donors (Lipinski definition) is 1. The highest BCUT2D eigenvalue weighted by molar-refractivity contribution is 7.20. The number of carbonyl (C=O) groups excluding carboxylic acids is 1. The molecule has 3 aromatic heterocycles. The van der Waals surface area contributed by atoms with Crippen molar-refractivity contribution in [1.82, 2.24) is 24.5 Å². The lowest BCUT2D eigenvalue weighted by molar-refractivity contribution is -0.131. The first-order valence-electron chi connectivity index (χ1n) is 9.71. The molecule has 0 aromatic carbocycles. The molecular weight excluding hydrogens is 390 g/mol. The standard InChI is InChI=1S/C19H23N7O2S/c1-2-14-13-17(28)26-19(22-14)29-18(23-26)21-8-6-16(27)25-11-9-24(10-12-25)15-5-3-4-7-20-15/h3-5,7,13H,2,6,8-12H2,1H3,(H,21,23). The molecule has 1 aliphatic rings. The molecule has 4 rings (SSSR count). The SMILES string of the molecule is CCc1cc(=O)n2nc(NCCC(=O)N3CCN(c4ccccn4)CC3)sc2n1. The van der Waals surface area contributed by atoms with Gasteiger partial charge >= 0.3 is 0 Å². The van der Waals surface area contributed by atoms with Crippen LogP contribution in [0.4, 0.5) is 10.9 Å². The van der Waals surface area contributed by atoms with Crippen molar-refractivity contribution in [2.45, 2.75) is 19.8 Å². The predicted octanol–water partition coefficient (Wildman–Crippen LogP) is 1.26. The van der Waals surface area contributed by atoms with Crippen LogP contribution in [0.15, 0.2) is 35.3 Å². The largest absolute Gasteiger partial charge is 0.360 e. The van der Waals surface area contributed by atoms with Crippen molar-refractivity contribution in [3.63, 3.8) is 0 Å². The molecule has 0 spiro atoms. The van der Waals surface area contributed by atoms with Gasteiger partial charge in [-0.3, -0.25) is 9.59 Å². The van der Waals surface area contributed by atoms with Gasteiger partial charge in [0.15, 0.2) is 0 Å². The van der Waals surface area contributed by atoms with Crippen LogP contribution in [0.1, 0.15) is 19.0 Å². The minimum atomic E-state index is -0.182. The van der Waals surface area contributed by atoms with Crippen molar-refractivity contribution in [2.24, 2.45) is 0 Å². The average Bonchev–Trinajstić information content (AvgIpc) is 3.18. The van der Waals surface area contributed by atoms with Crippen LogP contribution in [0.2, 0.25) is 0 Å². The molecule has 0 radical (unpaired) electrons. The van der Waals surface area contributed by atoms with E-state index in [1.54, 1.807) is 6.20 Å². The summed E-state index contributed by atoms with van der Waals surface area (Å²) in [5.74, 6) is 1.06. The topological polar surface area (TPSA) is 95.7 Å². The maximum Gasteiger partial charge on any atom is 0.275 e. The molecule has 3 aromatic rings. The second-order valence-electron chi connectivity index (χ2n) is 6.77. The number of carbonyl (C=O) groups is 1. The molecule has 152 valence electrons. The first kappa shape index (κ1) is 19.3. The van der Waals surface area contributed by atoms with Crippen LogP contribution in [0.5, 0.6) is 0 Å². The number of amides is 1. The molecule has 1 saturated heterocycles. The number of rotatable bonds is 6. The van der Waals surface area contributed by atoms with Gasteiger partial charge in [-0.1, -0.05) is 24.3 Å². The number of aryl methyl sites for hydroxylation is 1. The quantitative estimate of drug-likeness (QED) is 0.650. The minimum absolute atomic E-state index is 0.114. The zero-order valence-electron chi connectivity index (χ0n) is 16.2. The third-order valence-electron chi connectivity index (χ3n) is 4.88. The van der Waals surface area contributed by atoms with E-state index in [1.807, 2.05) is 30.0 Å². The fourth-order valence-corrected chi connectivity index (χ4v) is 4.12. The van der Waals surface area contributed by atoms with Gasteiger partial charge in [0.1, 0.15) is 5.82 Å². The molecule has 1 N–H and O–H groups in total. The molecule has 1 fully saturated rings. The number of nitrogens with zero attached hydrogens (tertiary/aromatic N) is 6. The van der Waals surface area contributed by atoms with Gasteiger partial charge in [0.05, 0.1) is 0 Å². The second kappa shape index (κ2) is 8.56. The number of hydrogen-bond acceptors (Lipinski definition) is 8. The van der Waals surface area contributed by atoms with Gasteiger partial charge in [0.25, 0.3) is 5.56 Å². The third-order valence-corrected chi connectivity index (χ3v) is 5.75. The Hall–Kier alpha value is -3.01. The second-order valence-corrected chi connectivity index (χ2v) is 7.73. The fraction of sp³-hybridized carbons (Fsp3) is 0.421. The molecule has 0 atom stereocenters. The molecule has 10 heteroatoms. The lowest BCUT2D eigenvalue weighted by Crippen LogP contribution is -2.49. The van der Waals surface area contributed by atoms with Gasteiger partial charge in [-0.25, -0.2) is 9.97 Å². The zero-order chi connectivity index (χ0) is 20.2. The van der Waals surface area contributed by atoms with Gasteiger partial charge in [-0.15, -0.1) is 5.10 Å². The van der Waals surface area contributed by atoms with Crippen LogP contribution < -0.4 is 15.8 Å². The van der Waals surface area contributed by atoms with Crippen molar-refractivity contribution in [1.29, 1.82) is 0 Å². The first-order valence-corrected chi connectivity index (χ1v) is 10.5. The Bertz CT molecular complexity index is 1040. The van der Waals surface area contributed by atoms with E-state index in [9.17, 15) is 9.59 Å². The highest BCUT2D eigenvalue weighted by atomic mass is 32.1. The molecule has 0 unspecified atom stereocenters. The number of anilines is 2. The molecule has 0 aliphatic carbocycles. The van der Waals surface area contributed by atoms with Gasteiger partial charge in [0.2, 0.25) is 16.0 Å². The summed E-state index contributed by atoms with van der Waals surface area (Å²) in [6, 6.07) is 7.37. The van der Waals surface area contributed by atoms with Crippen molar-refractivity contribution < 1.29 is 4.79 Å². The Kier molecular flexibility index (Phi) is 5.70. The highest BCUT2D eigenvalue weighted by Crippen LogP contribution is 2.17. The van der Waals surface area contributed by atoms with Crippen molar-refractivity contribution in [2.75, 3.05) is 42.9 Å². The lowest BCUT2D eigenvalue weighted by Gasteiger charge is -2.35. The molecule has 4 heterocycles. The molecule has 0 bridgehead atoms. The Morgan fingerprint density at radius 3 is 2.79 bits per heavy atom. The number of fused-ring (bicyclic) bond motifs is 1. The van der Waals surface area contributed by atoms with E-state index in [4.69, 9.17) is 0 Å². The number of piperazine rings is 1. The smallest absolute Gasteiger partial charge is 0.275 e. The Morgan fingerprint density at radius 2 is 2.07 bits per heavy atom. The van der Waals surface area contributed by atoms with E-state index in [-0.39, 0.29) is 11.5 Å². The summed E-state index contributed by atoms with van der Waals surface area (Å²) in [4.78, 5) is 38.0. The Labute approximate surface area is 172 Å². The number of pyridine rings is 1. The molecule has 0 saturated carbocycles. The summed E-state index contributed by atoms with van der Waals surface area (Å²) >= 11 is 1.32. The number of nitrogens with one attached hydrogen (secondary N) is 1. The summed E-state index contributed by atoms with van der Waals surface area (Å²) < 4.78 is 1.30. The average molecular weight is 414 g/mol. The van der Waals surface area contributed by atoms with E-state index in [2.05, 4.69) is 25.3 Å². The zero-order valence-corrected chi connectivity index (χ0v) is 17.1. The van der Waals surface area contributed by atoms with E-state index < -0.39 is 0 Å². The molecule has 1 amide bonds. The third kappa shape index (κ3) is 4.37. The fourth-order valence-electron chi connectivity index (χ4n) is 3.27. The van der Waals surface area contributed by atoms with Crippen molar-refractivity contribution in [3.8, 4) is 0 Å². The van der Waals surface area contributed by atoms with Crippen LogP contribution in [0, 0.1) is 0 Å². The molecule has 1 aliphatic heterocycles. The van der Waals surface area contributed by atoms with Crippen molar-refractivity contribution in [3.05, 3.63) is 46.5 Å². The Morgan fingerprint density at radius 1 is 1.24 bits per heavy atom. The summed E-state index contributed by atoms with van der Waals surface area (Å²) in [6.45, 7) is 5.37. The monoisotopic (exact) mass is 413 g/mol. The van der Waals surface area contributed by atoms with E-state index in [0.29, 0.717) is 42.6 Å². The van der Waals surface area contributed by atoms with Crippen LogP contribution in [-0.4, -0.2) is 63.1 Å². The Balaban J connectivity index is 1.28. The van der Waals surface area contributed by atoms with Crippen LogP contribution in [-0.2, 0) is 11.2 Å². The minimum Gasteiger partial charge on any atom is -0.360 e. The van der Waals surface area contributed by atoms with E-state index in [1.165, 1.54) is 21.9 Å². The highest BCUT2D eigenvalue weighted by Gasteiger charge is 2.21. The van der Waals surface area contributed by atoms with Gasteiger partial charge in [-0.2, -0.15) is 4.52 Å². The lowest BCUT2D eigenvalue weighted by atomic mass is 10.2. The summed E-state index contributed by atoms with van der Waals surface area (Å²) in [5.41, 5.74) is 0.572. The van der Waals surface area contributed by atoms with E-state index in [0.717, 1.165) is 24.6 Å². The summed E-state index contributed by atoms with van der Waals surface area (Å²) in [5, 5.41) is 7.99.